The number of aromatic hydroxyl groups is 1. The van der Waals surface area contributed by atoms with Gasteiger partial charge in [-0.15, -0.1) is 0 Å². The van der Waals surface area contributed by atoms with Crippen LogP contribution in [0, 0.1) is 0 Å². The first-order valence-corrected chi connectivity index (χ1v) is 20.2. The second-order valence-electron chi connectivity index (χ2n) is 5.43. The summed E-state index contributed by atoms with van der Waals surface area (Å²) in [7, 11) is 0. The van der Waals surface area contributed by atoms with Crippen molar-refractivity contribution in [2.75, 3.05) is 0 Å². The maximum Gasteiger partial charge on any atom is 0.524 e. The van der Waals surface area contributed by atoms with Gasteiger partial charge in [0, 0.05) is 10.8 Å². The van der Waals surface area contributed by atoms with E-state index >= 15 is 0 Å². The second kappa shape index (κ2) is 9.22. The number of phenols is 1. The third-order valence-electron chi connectivity index (χ3n) is 3.97. The van der Waals surface area contributed by atoms with Crippen LogP contribution in [0.4, 0.5) is 0 Å². The Balaban J connectivity index is 0.000000415. The summed E-state index contributed by atoms with van der Waals surface area (Å²) in [6, 6.07) is 26.4. The highest BCUT2D eigenvalue weighted by Gasteiger charge is 2.13. The zero-order chi connectivity index (χ0) is 17.8. The molecule has 0 spiro atoms. The van der Waals surface area contributed by atoms with Gasteiger partial charge in [0.05, 0.1) is 0 Å². The van der Waals surface area contributed by atoms with Gasteiger partial charge in [0.25, 0.3) is 0 Å². The Bertz CT molecular complexity index is 944. The molecule has 0 aliphatic rings. The van der Waals surface area contributed by atoms with Gasteiger partial charge in [-0.1, -0.05) is 78.9 Å². The van der Waals surface area contributed by atoms with Crippen LogP contribution in [0.3, 0.4) is 0 Å². The Hall–Kier alpha value is -0.0775. The van der Waals surface area contributed by atoms with Crippen molar-refractivity contribution >= 4 is 86.7 Å². The van der Waals surface area contributed by atoms with Crippen LogP contribution in [0.25, 0.3) is 32.7 Å². The average molecular weight is 678 g/mol. The fraction of sp³-hybridized carbons (Fsp3) is 0. The summed E-state index contributed by atoms with van der Waals surface area (Å²) in [6.45, 7) is 0. The third kappa shape index (κ3) is 4.61. The van der Waals surface area contributed by atoms with E-state index in [1.54, 1.807) is 0 Å². The molecule has 0 bridgehead atoms. The third-order valence-corrected chi connectivity index (χ3v) is 3.97. The predicted molar refractivity (Wildman–Crippen MR) is 136 cm³/mol. The van der Waals surface area contributed by atoms with Crippen LogP contribution in [-0.2, 0) is 0 Å². The molecule has 0 heterocycles. The highest BCUT2D eigenvalue weighted by Crippen LogP contribution is 2.42. The largest absolute Gasteiger partial charge is 0.524 e. The number of hydrogen-bond acceptors (Lipinski definition) is 1. The Labute approximate surface area is 185 Å². The van der Waals surface area contributed by atoms with Crippen LogP contribution < -0.4 is 0 Å². The van der Waals surface area contributed by atoms with Gasteiger partial charge in [-0.05, 0) is 21.9 Å². The van der Waals surface area contributed by atoms with E-state index in [2.05, 4.69) is 85.1 Å². The van der Waals surface area contributed by atoms with Gasteiger partial charge in [-0.25, -0.2) is 0 Å². The molecule has 0 saturated heterocycles. The first-order chi connectivity index (χ1) is 12.1. The van der Waals surface area contributed by atoms with Gasteiger partial charge in [-0.3, -0.25) is 0 Å². The van der Waals surface area contributed by atoms with E-state index < -0.39 is 0 Å². The summed E-state index contributed by atoms with van der Waals surface area (Å²) in [4.78, 5) is 0. The monoisotopic (exact) mass is 678 g/mol. The van der Waals surface area contributed by atoms with Crippen molar-refractivity contribution in [2.45, 2.75) is 0 Å². The maximum atomic E-state index is 10.6. The first-order valence-electron chi connectivity index (χ1n) is 7.69. The van der Waals surface area contributed by atoms with Crippen molar-refractivity contribution in [3.63, 3.8) is 0 Å². The molecule has 0 atom stereocenters. The molecule has 5 heteroatoms. The van der Waals surface area contributed by atoms with E-state index in [-0.39, 0.29) is 4.30 Å². The van der Waals surface area contributed by atoms with Crippen molar-refractivity contribution in [3.8, 4) is 16.9 Å². The molecule has 0 aromatic heterocycles. The minimum Gasteiger partial charge on any atom is -0.507 e. The van der Waals surface area contributed by atoms with Gasteiger partial charge in [-0.2, -0.15) is 60.8 Å². The predicted octanol–water partition coefficient (Wildman–Crippen LogP) is 7.64. The summed E-state index contributed by atoms with van der Waals surface area (Å²) in [6.07, 6.45) is 0. The van der Waals surface area contributed by atoms with Crippen LogP contribution in [-0.4, -0.2) is 9.41 Å². The standard InChI is InChI=1S/C20H14O.Al.3HI/c21-20-17-12-6-4-10-15(17)19(14-8-2-1-3-9-14)16-11-5-7-13-18(16)20;;;;/h1-13,21H;;3*1H/q;+3;;;/p-3. The molecular weight excluding hydrogens is 664 g/mol. The zero-order valence-electron chi connectivity index (χ0n) is 13.2. The quantitative estimate of drug-likeness (QED) is 0.125. The van der Waals surface area contributed by atoms with Crippen LogP contribution >= 0.6 is 60.8 Å². The molecule has 0 fully saturated rings. The summed E-state index contributed by atoms with van der Waals surface area (Å²) in [5.74, 6) is 0.362. The Morgan fingerprint density at radius 1 is 0.560 bits per heavy atom. The molecule has 4 aromatic rings. The van der Waals surface area contributed by atoms with Crippen LogP contribution in [0.1, 0.15) is 0 Å². The molecule has 1 N–H and O–H groups in total. The molecule has 0 aliphatic heterocycles. The minimum atomic E-state index is -0.229. The summed E-state index contributed by atoms with van der Waals surface area (Å²) in [5.41, 5.74) is 2.35. The average Bonchev–Trinajstić information content (AvgIpc) is 2.63. The normalized spacial score (nSPS) is 10.4. The highest BCUT2D eigenvalue weighted by molar-refractivity contribution is 14.4. The van der Waals surface area contributed by atoms with Crippen LogP contribution in [0.2, 0.25) is 0 Å². The van der Waals surface area contributed by atoms with E-state index in [4.69, 9.17) is 0 Å². The van der Waals surface area contributed by atoms with E-state index in [1.807, 2.05) is 54.6 Å². The summed E-state index contributed by atoms with van der Waals surface area (Å²) >= 11 is 7.37. The number of hydrogen-bond donors (Lipinski definition) is 1. The topological polar surface area (TPSA) is 20.2 Å². The SMILES string of the molecule is Oc1c2ccccc2c(-c2ccccc2)c2ccccc12.[I][Al]([I])[I]. The van der Waals surface area contributed by atoms with E-state index in [0.29, 0.717) is 5.75 Å². The van der Waals surface area contributed by atoms with Gasteiger partial charge in [0.2, 0.25) is 0 Å². The fourth-order valence-electron chi connectivity index (χ4n) is 3.02. The number of halogens is 3. The Morgan fingerprint density at radius 2 is 0.920 bits per heavy atom. The molecule has 4 aromatic carbocycles. The lowest BCUT2D eigenvalue weighted by Crippen LogP contribution is -1.86. The van der Waals surface area contributed by atoms with Crippen molar-refractivity contribution in [3.05, 3.63) is 78.9 Å². The van der Waals surface area contributed by atoms with Crippen molar-refractivity contribution in [1.82, 2.24) is 0 Å². The second-order valence-corrected chi connectivity index (χ2v) is 38.6. The molecule has 0 aliphatic carbocycles. The fourth-order valence-corrected chi connectivity index (χ4v) is 3.02. The Kier molecular flexibility index (Phi) is 7.26. The molecule has 1 nitrogen and oxygen atoms in total. The van der Waals surface area contributed by atoms with Crippen molar-refractivity contribution in [1.29, 1.82) is 0 Å². The van der Waals surface area contributed by atoms with Crippen molar-refractivity contribution < 1.29 is 5.11 Å². The summed E-state index contributed by atoms with van der Waals surface area (Å²) < 4.78 is -0.229. The molecular formula is C20H14AlI3O. The minimum absolute atomic E-state index is 0.229. The van der Waals surface area contributed by atoms with Gasteiger partial charge >= 0.3 is 4.30 Å². The van der Waals surface area contributed by atoms with Gasteiger partial charge in [0.1, 0.15) is 5.75 Å². The highest BCUT2D eigenvalue weighted by atomic mass is 127. The lowest BCUT2D eigenvalue weighted by atomic mass is 9.91. The van der Waals surface area contributed by atoms with E-state index in [9.17, 15) is 5.11 Å². The molecule has 0 saturated carbocycles. The zero-order valence-corrected chi connectivity index (χ0v) is 20.8. The van der Waals surface area contributed by atoms with Crippen molar-refractivity contribution in [2.24, 2.45) is 0 Å². The van der Waals surface area contributed by atoms with E-state index in [1.165, 1.54) is 11.1 Å². The molecule has 0 radical (unpaired) electrons. The number of fused-ring (bicyclic) bond motifs is 2. The van der Waals surface area contributed by atoms with E-state index in [0.717, 1.165) is 21.5 Å². The number of phenolic OH excluding ortho intramolecular Hbond substituents is 1. The lowest BCUT2D eigenvalue weighted by molar-refractivity contribution is 0.488. The molecule has 4 rings (SSSR count). The molecule has 0 amide bonds. The molecule has 0 unspecified atom stereocenters. The lowest BCUT2D eigenvalue weighted by Gasteiger charge is -2.13. The Morgan fingerprint density at radius 3 is 1.36 bits per heavy atom. The molecule has 25 heavy (non-hydrogen) atoms. The van der Waals surface area contributed by atoms with Crippen LogP contribution in [0.15, 0.2) is 78.9 Å². The smallest absolute Gasteiger partial charge is 0.507 e. The van der Waals surface area contributed by atoms with Crippen LogP contribution in [0.5, 0.6) is 5.75 Å². The van der Waals surface area contributed by atoms with Gasteiger partial charge < -0.3 is 5.11 Å². The number of benzene rings is 4. The maximum absolute atomic E-state index is 10.6. The molecule has 124 valence electrons. The number of rotatable bonds is 1. The van der Waals surface area contributed by atoms with Gasteiger partial charge in [0.15, 0.2) is 0 Å². The first kappa shape index (κ1) is 19.7. The summed E-state index contributed by atoms with van der Waals surface area (Å²) in [5, 5.41) is 14.5.